The van der Waals surface area contributed by atoms with Gasteiger partial charge in [-0.05, 0) is 0 Å². The third-order valence-corrected chi connectivity index (χ3v) is 4.11. The molecule has 2 radical (unpaired) electrons. The van der Waals surface area contributed by atoms with E-state index < -0.39 is 37.1 Å². The molecule has 19 heavy (non-hydrogen) atoms. The Bertz CT molecular complexity index is 511. The van der Waals surface area contributed by atoms with Crippen molar-refractivity contribution in [2.45, 2.75) is 0 Å². The second kappa shape index (κ2) is 6.93. The first-order valence-corrected chi connectivity index (χ1v) is 8.44. The molecule has 2 aromatic heterocycles. The number of aromatic nitrogens is 2. The SMILES string of the molecule is O=C([O][Pb][O]C(=O)c1ccccn1)c1ccccn1. The van der Waals surface area contributed by atoms with Crippen LogP contribution >= 0.6 is 0 Å². The number of hydrogen-bond donors (Lipinski definition) is 0. The first-order chi connectivity index (χ1) is 9.27. The van der Waals surface area contributed by atoms with E-state index >= 15 is 0 Å². The molecule has 0 bridgehead atoms. The van der Waals surface area contributed by atoms with Gasteiger partial charge in [-0.25, -0.2) is 0 Å². The number of pyridine rings is 2. The molecule has 0 amide bonds. The van der Waals surface area contributed by atoms with Gasteiger partial charge in [-0.3, -0.25) is 0 Å². The maximum atomic E-state index is 11.5. The normalized spacial score (nSPS) is 9.68. The Morgan fingerprint density at radius 3 is 1.68 bits per heavy atom. The van der Waals surface area contributed by atoms with Gasteiger partial charge in [-0.1, -0.05) is 0 Å². The van der Waals surface area contributed by atoms with Crippen LogP contribution in [0.5, 0.6) is 0 Å². The summed E-state index contributed by atoms with van der Waals surface area (Å²) in [6.45, 7) is 0. The summed E-state index contributed by atoms with van der Waals surface area (Å²) in [6, 6.07) is 9.81. The van der Waals surface area contributed by atoms with Crippen molar-refractivity contribution in [3.63, 3.8) is 0 Å². The quantitative estimate of drug-likeness (QED) is 0.647. The molecule has 0 aliphatic carbocycles. The molecular weight excluding hydrogens is 443 g/mol. The number of hydrogen-bond acceptors (Lipinski definition) is 6. The zero-order chi connectivity index (χ0) is 13.5. The molecule has 0 aromatic carbocycles. The summed E-state index contributed by atoms with van der Waals surface area (Å²) >= 11 is -2.26. The summed E-state index contributed by atoms with van der Waals surface area (Å²) in [5.74, 6) is -1.14. The number of nitrogens with zero attached hydrogens (tertiary/aromatic N) is 2. The van der Waals surface area contributed by atoms with Crippen molar-refractivity contribution in [2.75, 3.05) is 0 Å². The summed E-state index contributed by atoms with van der Waals surface area (Å²) in [4.78, 5) is 30.7. The summed E-state index contributed by atoms with van der Waals surface area (Å²) in [6.07, 6.45) is 2.98. The number of rotatable bonds is 4. The molecule has 2 aromatic rings. The Morgan fingerprint density at radius 2 is 1.32 bits per heavy atom. The van der Waals surface area contributed by atoms with Gasteiger partial charge in [0.25, 0.3) is 0 Å². The molecule has 94 valence electrons. The van der Waals surface area contributed by atoms with Crippen LogP contribution in [0.3, 0.4) is 0 Å². The van der Waals surface area contributed by atoms with Crippen LogP contribution in [0.25, 0.3) is 0 Å². The third-order valence-electron chi connectivity index (χ3n) is 2.02. The van der Waals surface area contributed by atoms with Gasteiger partial charge < -0.3 is 0 Å². The van der Waals surface area contributed by atoms with Gasteiger partial charge in [0, 0.05) is 0 Å². The molecule has 0 fully saturated rings. The molecule has 2 heterocycles. The van der Waals surface area contributed by atoms with Crippen LogP contribution in [-0.2, 0) is 5.37 Å². The minimum absolute atomic E-state index is 0.198. The monoisotopic (exact) mass is 452 g/mol. The maximum absolute atomic E-state index is 11.5. The van der Waals surface area contributed by atoms with Crippen LogP contribution in [-0.4, -0.2) is 47.0 Å². The molecule has 0 spiro atoms. The van der Waals surface area contributed by atoms with E-state index in [1.165, 1.54) is 24.5 Å². The molecular formula is C12H8N2O4Pb. The Balaban J connectivity index is 1.81. The van der Waals surface area contributed by atoms with E-state index in [1.807, 2.05) is 0 Å². The standard InChI is InChI=1S/2C6H5NO2.Pb/c2*8-6(9)5-3-1-2-4-7-5;/h2*1-4H,(H,8,9);/q;;+2/p-2. The molecule has 0 saturated carbocycles. The number of carbonyl (C=O) groups excluding carboxylic acids is 2. The van der Waals surface area contributed by atoms with E-state index in [4.69, 9.17) is 5.37 Å². The molecule has 6 nitrogen and oxygen atoms in total. The van der Waals surface area contributed by atoms with Crippen molar-refractivity contribution < 1.29 is 15.0 Å². The van der Waals surface area contributed by atoms with E-state index in [-0.39, 0.29) is 11.4 Å². The molecule has 7 heteroatoms. The predicted molar refractivity (Wildman–Crippen MR) is 65.1 cm³/mol. The fraction of sp³-hybridized carbons (Fsp3) is 0. The second-order valence-electron chi connectivity index (χ2n) is 3.29. The van der Waals surface area contributed by atoms with Crippen molar-refractivity contribution >= 4 is 37.1 Å². The van der Waals surface area contributed by atoms with Crippen LogP contribution in [0.2, 0.25) is 0 Å². The van der Waals surface area contributed by atoms with Gasteiger partial charge >= 0.3 is 122 Å². The van der Waals surface area contributed by atoms with Crippen LogP contribution in [0.15, 0.2) is 48.8 Å². The summed E-state index contributed by atoms with van der Waals surface area (Å²) in [7, 11) is 0. The Hall–Kier alpha value is -1.84. The van der Waals surface area contributed by atoms with Gasteiger partial charge in [0.05, 0.1) is 0 Å². The average molecular weight is 451 g/mol. The van der Waals surface area contributed by atoms with Crippen molar-refractivity contribution in [2.24, 2.45) is 0 Å². The Labute approximate surface area is 122 Å². The van der Waals surface area contributed by atoms with E-state index in [2.05, 4.69) is 9.97 Å². The van der Waals surface area contributed by atoms with Gasteiger partial charge in [0.15, 0.2) is 0 Å². The summed E-state index contributed by atoms with van der Waals surface area (Å²) in [5.41, 5.74) is 0.396. The zero-order valence-electron chi connectivity index (χ0n) is 9.65. The number of carbonyl (C=O) groups is 2. The van der Waals surface area contributed by atoms with Crippen molar-refractivity contribution in [3.8, 4) is 0 Å². The van der Waals surface area contributed by atoms with Gasteiger partial charge in [0.1, 0.15) is 0 Å². The van der Waals surface area contributed by atoms with Crippen LogP contribution in [0.1, 0.15) is 21.0 Å². The molecule has 0 aliphatic heterocycles. The topological polar surface area (TPSA) is 78.4 Å². The van der Waals surface area contributed by atoms with Gasteiger partial charge in [-0.2, -0.15) is 0 Å². The van der Waals surface area contributed by atoms with Gasteiger partial charge in [-0.15, -0.1) is 0 Å². The molecule has 0 unspecified atom stereocenters. The van der Waals surface area contributed by atoms with Gasteiger partial charge in [0.2, 0.25) is 0 Å². The van der Waals surface area contributed by atoms with Crippen LogP contribution in [0.4, 0.5) is 0 Å². The van der Waals surface area contributed by atoms with E-state index in [1.54, 1.807) is 24.3 Å². The summed E-state index contributed by atoms with van der Waals surface area (Å²) < 4.78 is 9.88. The molecule has 0 saturated heterocycles. The average Bonchev–Trinajstić information content (AvgIpc) is 2.49. The van der Waals surface area contributed by atoms with Crippen LogP contribution in [0, 0.1) is 0 Å². The second-order valence-corrected chi connectivity index (χ2v) is 5.53. The first-order valence-electron chi connectivity index (χ1n) is 5.27. The summed E-state index contributed by atoms with van der Waals surface area (Å²) in [5, 5.41) is 0. The fourth-order valence-electron chi connectivity index (χ4n) is 1.17. The molecule has 0 atom stereocenters. The molecule has 2 rings (SSSR count). The molecule has 0 N–H and O–H groups in total. The van der Waals surface area contributed by atoms with E-state index in [0.29, 0.717) is 0 Å². The fourth-order valence-corrected chi connectivity index (χ4v) is 2.73. The van der Waals surface area contributed by atoms with Crippen molar-refractivity contribution in [1.82, 2.24) is 9.97 Å². The zero-order valence-corrected chi connectivity index (χ0v) is 13.5. The third kappa shape index (κ3) is 4.09. The Kier molecular flexibility index (Phi) is 4.95. The molecule has 0 aliphatic rings. The first kappa shape index (κ1) is 13.6. The van der Waals surface area contributed by atoms with Crippen molar-refractivity contribution in [3.05, 3.63) is 60.2 Å². The van der Waals surface area contributed by atoms with E-state index in [9.17, 15) is 9.59 Å². The minimum atomic E-state index is -2.26. The Morgan fingerprint density at radius 1 is 0.842 bits per heavy atom. The predicted octanol–water partition coefficient (Wildman–Crippen LogP) is 1.02. The van der Waals surface area contributed by atoms with Crippen LogP contribution < -0.4 is 0 Å². The van der Waals surface area contributed by atoms with Crippen molar-refractivity contribution in [1.29, 1.82) is 0 Å². The van der Waals surface area contributed by atoms with E-state index in [0.717, 1.165) is 0 Å².